The van der Waals surface area contributed by atoms with E-state index in [2.05, 4.69) is 25.2 Å². The third-order valence-corrected chi connectivity index (χ3v) is 5.12. The quantitative estimate of drug-likeness (QED) is 0.786. The van der Waals surface area contributed by atoms with Crippen LogP contribution in [-0.2, 0) is 12.8 Å². The molecule has 0 fully saturated rings. The normalized spacial score (nSPS) is 14.4. The topological polar surface area (TPSA) is 29.1 Å². The van der Waals surface area contributed by atoms with Gasteiger partial charge >= 0.3 is 0 Å². The molecule has 1 heterocycles. The molecule has 1 aromatic heterocycles. The number of hydrogen-bond acceptors (Lipinski definition) is 2. The molecule has 2 aromatic rings. The molecule has 0 atom stereocenters. The second-order valence-corrected chi connectivity index (χ2v) is 6.91. The maximum absolute atomic E-state index is 12.6. The first kappa shape index (κ1) is 14.3. The molecule has 0 radical (unpaired) electrons. The van der Waals surface area contributed by atoms with Gasteiger partial charge < -0.3 is 5.32 Å². The van der Waals surface area contributed by atoms with Crippen molar-refractivity contribution in [3.05, 3.63) is 50.7 Å². The van der Waals surface area contributed by atoms with Crippen LogP contribution in [0, 0.1) is 13.8 Å². The van der Waals surface area contributed by atoms with Crippen LogP contribution in [0.15, 0.2) is 23.6 Å². The number of fused-ring (bicyclic) bond motifs is 1. The van der Waals surface area contributed by atoms with Gasteiger partial charge in [-0.3, -0.25) is 4.79 Å². The number of anilines is 1. The molecular formula is C18H21NOS. The summed E-state index contributed by atoms with van der Waals surface area (Å²) in [6.07, 6.45) is 5.92. The number of thiophene rings is 1. The van der Waals surface area contributed by atoms with Gasteiger partial charge in [0.25, 0.3) is 5.91 Å². The molecule has 0 spiro atoms. The van der Waals surface area contributed by atoms with Gasteiger partial charge in [-0.1, -0.05) is 12.5 Å². The fourth-order valence-corrected chi connectivity index (χ4v) is 4.23. The van der Waals surface area contributed by atoms with E-state index in [1.807, 2.05) is 17.5 Å². The van der Waals surface area contributed by atoms with Gasteiger partial charge in [0, 0.05) is 15.9 Å². The molecular weight excluding hydrogens is 278 g/mol. The molecule has 2 nitrogen and oxygen atoms in total. The molecule has 1 amide bonds. The smallest absolute Gasteiger partial charge is 0.256 e. The van der Waals surface area contributed by atoms with E-state index >= 15 is 0 Å². The van der Waals surface area contributed by atoms with E-state index in [-0.39, 0.29) is 5.91 Å². The molecule has 1 aliphatic rings. The van der Waals surface area contributed by atoms with Crippen molar-refractivity contribution in [3.8, 4) is 0 Å². The minimum Gasteiger partial charge on any atom is -0.322 e. The fraction of sp³-hybridized carbons (Fsp3) is 0.389. The zero-order valence-electron chi connectivity index (χ0n) is 12.7. The molecule has 21 heavy (non-hydrogen) atoms. The molecule has 3 heteroatoms. The molecule has 1 N–H and O–H groups in total. The number of carbonyl (C=O) groups excluding carboxylic acids is 1. The van der Waals surface area contributed by atoms with Gasteiger partial charge in [-0.05, 0) is 68.4 Å². The number of rotatable bonds is 2. The van der Waals surface area contributed by atoms with Gasteiger partial charge in [-0.15, -0.1) is 11.3 Å². The Labute approximate surface area is 130 Å². The van der Waals surface area contributed by atoms with Gasteiger partial charge in [0.2, 0.25) is 0 Å². The van der Waals surface area contributed by atoms with Crippen molar-refractivity contribution >= 4 is 22.9 Å². The van der Waals surface area contributed by atoms with Gasteiger partial charge in [0.15, 0.2) is 0 Å². The van der Waals surface area contributed by atoms with Gasteiger partial charge in [0.05, 0.1) is 5.56 Å². The van der Waals surface area contributed by atoms with Crippen LogP contribution in [0.2, 0.25) is 0 Å². The summed E-state index contributed by atoms with van der Waals surface area (Å²) >= 11 is 1.75. The van der Waals surface area contributed by atoms with Crippen LogP contribution < -0.4 is 5.32 Å². The molecule has 1 aliphatic carbocycles. The van der Waals surface area contributed by atoms with Crippen molar-refractivity contribution in [2.45, 2.75) is 46.0 Å². The van der Waals surface area contributed by atoms with E-state index in [4.69, 9.17) is 0 Å². The summed E-state index contributed by atoms with van der Waals surface area (Å²) in [5.41, 5.74) is 5.42. The summed E-state index contributed by atoms with van der Waals surface area (Å²) in [4.78, 5) is 14.0. The summed E-state index contributed by atoms with van der Waals surface area (Å²) in [7, 11) is 0. The molecule has 110 valence electrons. The number of nitrogens with one attached hydrogen (secondary N) is 1. The monoisotopic (exact) mass is 299 g/mol. The van der Waals surface area contributed by atoms with Crippen molar-refractivity contribution in [2.75, 3.05) is 5.32 Å². The Morgan fingerprint density at radius 2 is 1.76 bits per heavy atom. The van der Waals surface area contributed by atoms with Gasteiger partial charge in [0.1, 0.15) is 0 Å². The van der Waals surface area contributed by atoms with E-state index in [1.165, 1.54) is 40.8 Å². The van der Waals surface area contributed by atoms with E-state index in [9.17, 15) is 4.79 Å². The Kier molecular flexibility index (Phi) is 4.11. The second-order valence-electron chi connectivity index (χ2n) is 5.94. The van der Waals surface area contributed by atoms with Gasteiger partial charge in [-0.25, -0.2) is 0 Å². The van der Waals surface area contributed by atoms with Crippen molar-refractivity contribution in [2.24, 2.45) is 0 Å². The number of aryl methyl sites for hydroxylation is 3. The summed E-state index contributed by atoms with van der Waals surface area (Å²) in [6, 6.07) is 6.16. The Balaban J connectivity index is 1.84. The van der Waals surface area contributed by atoms with Crippen LogP contribution in [0.3, 0.4) is 0 Å². The first-order chi connectivity index (χ1) is 10.1. The van der Waals surface area contributed by atoms with Crippen LogP contribution in [0.5, 0.6) is 0 Å². The summed E-state index contributed by atoms with van der Waals surface area (Å²) in [6.45, 7) is 4.11. The van der Waals surface area contributed by atoms with E-state index in [1.54, 1.807) is 11.3 Å². The average molecular weight is 299 g/mol. The SMILES string of the molecule is Cc1cc(C)cc(NC(=O)c2csc3c2CCCCC3)c1. The lowest BCUT2D eigenvalue weighted by atomic mass is 10.1. The van der Waals surface area contributed by atoms with Gasteiger partial charge in [-0.2, -0.15) is 0 Å². The standard InChI is InChI=1S/C18H21NOS/c1-12-8-13(2)10-14(9-12)19-18(20)16-11-21-17-7-5-3-4-6-15(16)17/h8-11H,3-7H2,1-2H3,(H,19,20). The Hall–Kier alpha value is -1.61. The van der Waals surface area contributed by atoms with Crippen molar-refractivity contribution in [1.82, 2.24) is 0 Å². The lowest BCUT2D eigenvalue weighted by Crippen LogP contribution is -2.13. The minimum absolute atomic E-state index is 0.0411. The molecule has 0 saturated heterocycles. The first-order valence-corrected chi connectivity index (χ1v) is 8.50. The highest BCUT2D eigenvalue weighted by Gasteiger charge is 2.19. The Bertz CT molecular complexity index is 652. The van der Waals surface area contributed by atoms with Crippen molar-refractivity contribution in [3.63, 3.8) is 0 Å². The van der Waals surface area contributed by atoms with E-state index < -0.39 is 0 Å². The first-order valence-electron chi connectivity index (χ1n) is 7.62. The van der Waals surface area contributed by atoms with Crippen molar-refractivity contribution in [1.29, 1.82) is 0 Å². The number of carbonyl (C=O) groups is 1. The zero-order chi connectivity index (χ0) is 14.8. The number of amides is 1. The lowest BCUT2D eigenvalue weighted by Gasteiger charge is -2.08. The van der Waals surface area contributed by atoms with E-state index in [0.717, 1.165) is 24.1 Å². The molecule has 0 saturated carbocycles. The third-order valence-electron chi connectivity index (χ3n) is 4.04. The summed E-state index contributed by atoms with van der Waals surface area (Å²) in [5, 5.41) is 5.10. The van der Waals surface area contributed by atoms with Crippen molar-refractivity contribution < 1.29 is 4.79 Å². The molecule has 1 aromatic carbocycles. The summed E-state index contributed by atoms with van der Waals surface area (Å²) in [5.74, 6) is 0.0411. The predicted molar refractivity (Wildman–Crippen MR) is 89.4 cm³/mol. The zero-order valence-corrected chi connectivity index (χ0v) is 13.5. The average Bonchev–Trinajstić information content (AvgIpc) is 2.67. The lowest BCUT2D eigenvalue weighted by molar-refractivity contribution is 0.102. The molecule has 3 rings (SSSR count). The highest BCUT2D eigenvalue weighted by molar-refractivity contribution is 7.10. The predicted octanol–water partition coefficient (Wildman–Crippen LogP) is 4.89. The van der Waals surface area contributed by atoms with Crippen LogP contribution >= 0.6 is 11.3 Å². The highest BCUT2D eigenvalue weighted by atomic mass is 32.1. The molecule has 0 unspecified atom stereocenters. The maximum Gasteiger partial charge on any atom is 0.256 e. The van der Waals surface area contributed by atoms with Crippen LogP contribution in [0.4, 0.5) is 5.69 Å². The maximum atomic E-state index is 12.6. The molecule has 0 aliphatic heterocycles. The van der Waals surface area contributed by atoms with E-state index in [0.29, 0.717) is 0 Å². The Morgan fingerprint density at radius 3 is 2.52 bits per heavy atom. The third kappa shape index (κ3) is 3.18. The molecule has 0 bridgehead atoms. The largest absolute Gasteiger partial charge is 0.322 e. The van der Waals surface area contributed by atoms with Crippen LogP contribution in [0.1, 0.15) is 51.2 Å². The number of hydrogen-bond donors (Lipinski definition) is 1. The summed E-state index contributed by atoms with van der Waals surface area (Å²) < 4.78 is 0. The minimum atomic E-state index is 0.0411. The highest BCUT2D eigenvalue weighted by Crippen LogP contribution is 2.30. The fourth-order valence-electron chi connectivity index (χ4n) is 3.11. The van der Waals surface area contributed by atoms with Crippen LogP contribution in [-0.4, -0.2) is 5.91 Å². The Morgan fingerprint density at radius 1 is 1.05 bits per heavy atom. The second kappa shape index (κ2) is 6.02. The number of benzene rings is 1. The van der Waals surface area contributed by atoms with Crippen LogP contribution in [0.25, 0.3) is 0 Å².